The lowest BCUT2D eigenvalue weighted by Crippen LogP contribution is -2.43. The molecule has 3 nitrogen and oxygen atoms in total. The van der Waals surface area contributed by atoms with Gasteiger partial charge in [-0.25, -0.2) is 4.39 Å². The van der Waals surface area contributed by atoms with E-state index in [9.17, 15) is 19.7 Å². The molecule has 0 aromatic heterocycles. The van der Waals surface area contributed by atoms with Crippen LogP contribution in [0.2, 0.25) is 0 Å². The fraction of sp³-hybridized carbons (Fsp3) is 1.00. The van der Waals surface area contributed by atoms with Gasteiger partial charge in [-0.15, -0.1) is 0 Å². The van der Waals surface area contributed by atoms with Crippen molar-refractivity contribution >= 4 is 0 Å². The van der Waals surface area contributed by atoms with Crippen LogP contribution >= 0.6 is 0 Å². The van der Waals surface area contributed by atoms with Crippen molar-refractivity contribution in [3.05, 3.63) is 0 Å². The Morgan fingerprint density at radius 2 is 1.76 bits per heavy atom. The molecule has 0 spiro atoms. The molecule has 2 saturated carbocycles. The van der Waals surface area contributed by atoms with E-state index in [0.717, 1.165) is 12.8 Å². The van der Waals surface area contributed by atoms with E-state index in [-0.39, 0.29) is 11.8 Å². The molecule has 4 heteroatoms. The Hall–Kier alpha value is -0.190. The number of halogens is 1. The van der Waals surface area contributed by atoms with Gasteiger partial charge in [-0.1, -0.05) is 6.42 Å². The highest BCUT2D eigenvalue weighted by Crippen LogP contribution is 2.36. The third-order valence-electron chi connectivity index (χ3n) is 4.41. The zero-order valence-corrected chi connectivity index (χ0v) is 10.1. The van der Waals surface area contributed by atoms with Crippen molar-refractivity contribution in [2.24, 2.45) is 11.8 Å². The van der Waals surface area contributed by atoms with Gasteiger partial charge in [0.15, 0.2) is 0 Å². The summed E-state index contributed by atoms with van der Waals surface area (Å²) < 4.78 is 13.3. The average Bonchev–Trinajstić information content (AvgIpc) is 2.28. The second-order valence-corrected chi connectivity index (χ2v) is 5.71. The third kappa shape index (κ3) is 3.18. The lowest BCUT2D eigenvalue weighted by atomic mass is 9.73. The molecule has 2 fully saturated rings. The predicted molar refractivity (Wildman–Crippen MR) is 62.2 cm³/mol. The van der Waals surface area contributed by atoms with Crippen LogP contribution < -0.4 is 0 Å². The molecule has 0 aliphatic heterocycles. The van der Waals surface area contributed by atoms with Crippen molar-refractivity contribution in [2.75, 3.05) is 0 Å². The molecule has 0 heterocycles. The zero-order valence-electron chi connectivity index (χ0n) is 10.1. The van der Waals surface area contributed by atoms with Gasteiger partial charge in [0.1, 0.15) is 6.17 Å². The Balaban J connectivity index is 1.92. The van der Waals surface area contributed by atoms with Gasteiger partial charge >= 0.3 is 0 Å². The van der Waals surface area contributed by atoms with E-state index in [0.29, 0.717) is 32.1 Å². The number of aliphatic hydroxyl groups is 3. The summed E-state index contributed by atoms with van der Waals surface area (Å²) in [6, 6.07) is 0. The summed E-state index contributed by atoms with van der Waals surface area (Å²) in [5.41, 5.74) is 0. The summed E-state index contributed by atoms with van der Waals surface area (Å²) >= 11 is 0. The minimum absolute atomic E-state index is 0.0198. The first-order valence-corrected chi connectivity index (χ1v) is 6.76. The molecule has 0 radical (unpaired) electrons. The van der Waals surface area contributed by atoms with Crippen LogP contribution in [-0.2, 0) is 0 Å². The molecule has 2 rings (SSSR count). The number of hydrogen-bond acceptors (Lipinski definition) is 3. The van der Waals surface area contributed by atoms with E-state index in [4.69, 9.17) is 0 Å². The van der Waals surface area contributed by atoms with Crippen molar-refractivity contribution in [1.29, 1.82) is 0 Å². The molecule has 0 aromatic rings. The molecular weight excluding hydrogens is 223 g/mol. The number of rotatable bonds is 2. The fourth-order valence-electron chi connectivity index (χ4n) is 3.37. The highest BCUT2D eigenvalue weighted by atomic mass is 19.1. The maximum absolute atomic E-state index is 13.3. The van der Waals surface area contributed by atoms with Crippen LogP contribution in [0.4, 0.5) is 4.39 Å². The highest BCUT2D eigenvalue weighted by Gasteiger charge is 2.38. The first kappa shape index (κ1) is 13.2. The van der Waals surface area contributed by atoms with E-state index in [2.05, 4.69) is 0 Å². The molecular formula is C13H23FO3. The molecule has 17 heavy (non-hydrogen) atoms. The summed E-state index contributed by atoms with van der Waals surface area (Å²) in [4.78, 5) is 0. The molecule has 0 bridgehead atoms. The van der Waals surface area contributed by atoms with Crippen molar-refractivity contribution in [2.45, 2.75) is 69.4 Å². The number of aliphatic hydroxyl groups excluding tert-OH is 3. The topological polar surface area (TPSA) is 60.7 Å². The monoisotopic (exact) mass is 246 g/mol. The van der Waals surface area contributed by atoms with Gasteiger partial charge in [0.2, 0.25) is 0 Å². The lowest BCUT2D eigenvalue weighted by Gasteiger charge is -2.39. The standard InChI is InChI=1S/C13H23FO3/c14-9-3-1-2-8(6-9)13(17)11-5-4-10(15)7-12(11)16/h8-13,15-17H,1-7H2. The van der Waals surface area contributed by atoms with Gasteiger partial charge in [0, 0.05) is 5.92 Å². The lowest BCUT2D eigenvalue weighted by molar-refractivity contribution is -0.0759. The smallest absolute Gasteiger partial charge is 0.100 e. The second kappa shape index (κ2) is 5.63. The van der Waals surface area contributed by atoms with Gasteiger partial charge in [0.05, 0.1) is 18.3 Å². The van der Waals surface area contributed by atoms with Gasteiger partial charge in [0.25, 0.3) is 0 Å². The summed E-state index contributed by atoms with van der Waals surface area (Å²) in [5, 5.41) is 29.6. The van der Waals surface area contributed by atoms with Gasteiger partial charge in [-0.3, -0.25) is 0 Å². The Bertz CT molecular complexity index is 249. The molecule has 3 N–H and O–H groups in total. The van der Waals surface area contributed by atoms with Crippen LogP contribution in [0.1, 0.15) is 44.9 Å². The van der Waals surface area contributed by atoms with Crippen LogP contribution in [0.15, 0.2) is 0 Å². The minimum atomic E-state index is -0.797. The molecule has 0 aromatic carbocycles. The summed E-state index contributed by atoms with van der Waals surface area (Å²) in [6.45, 7) is 0. The first-order chi connectivity index (χ1) is 8.08. The predicted octanol–water partition coefficient (Wildman–Crippen LogP) is 1.40. The Morgan fingerprint density at radius 1 is 1.00 bits per heavy atom. The van der Waals surface area contributed by atoms with Crippen molar-refractivity contribution in [1.82, 2.24) is 0 Å². The Labute approximate surface area is 102 Å². The van der Waals surface area contributed by atoms with Gasteiger partial charge in [-0.2, -0.15) is 0 Å². The fourth-order valence-corrected chi connectivity index (χ4v) is 3.37. The van der Waals surface area contributed by atoms with Gasteiger partial charge in [-0.05, 0) is 44.4 Å². The maximum Gasteiger partial charge on any atom is 0.100 e. The van der Waals surface area contributed by atoms with E-state index >= 15 is 0 Å². The molecule has 2 aliphatic rings. The Kier molecular flexibility index (Phi) is 4.39. The third-order valence-corrected chi connectivity index (χ3v) is 4.41. The molecule has 100 valence electrons. The maximum atomic E-state index is 13.3. The van der Waals surface area contributed by atoms with E-state index < -0.39 is 24.5 Å². The normalized spacial score (nSPS) is 45.5. The summed E-state index contributed by atoms with van der Waals surface area (Å²) in [5.74, 6) is -0.206. The van der Waals surface area contributed by atoms with Crippen LogP contribution in [0, 0.1) is 11.8 Å². The van der Waals surface area contributed by atoms with Crippen LogP contribution in [0.25, 0.3) is 0 Å². The van der Waals surface area contributed by atoms with E-state index in [1.807, 2.05) is 0 Å². The van der Waals surface area contributed by atoms with Crippen LogP contribution in [-0.4, -0.2) is 39.8 Å². The summed E-state index contributed by atoms with van der Waals surface area (Å²) in [6.07, 6.45) is 1.81. The molecule has 6 unspecified atom stereocenters. The molecule has 0 amide bonds. The van der Waals surface area contributed by atoms with Gasteiger partial charge < -0.3 is 15.3 Å². The number of hydrogen-bond donors (Lipinski definition) is 3. The van der Waals surface area contributed by atoms with Crippen LogP contribution in [0.5, 0.6) is 0 Å². The SMILES string of the molecule is OC1CCC(C(O)C2CCCC(F)C2)C(O)C1. The first-order valence-electron chi connectivity index (χ1n) is 6.76. The molecule has 0 saturated heterocycles. The largest absolute Gasteiger partial charge is 0.393 e. The Morgan fingerprint density at radius 3 is 2.41 bits per heavy atom. The quantitative estimate of drug-likeness (QED) is 0.690. The van der Waals surface area contributed by atoms with E-state index in [1.165, 1.54) is 0 Å². The van der Waals surface area contributed by atoms with Crippen molar-refractivity contribution < 1.29 is 19.7 Å². The van der Waals surface area contributed by atoms with Crippen molar-refractivity contribution in [3.8, 4) is 0 Å². The van der Waals surface area contributed by atoms with E-state index in [1.54, 1.807) is 0 Å². The highest BCUT2D eigenvalue weighted by molar-refractivity contribution is 4.89. The average molecular weight is 246 g/mol. The summed E-state index contributed by atoms with van der Waals surface area (Å²) in [7, 11) is 0. The van der Waals surface area contributed by atoms with Crippen LogP contribution in [0.3, 0.4) is 0 Å². The minimum Gasteiger partial charge on any atom is -0.393 e. The zero-order chi connectivity index (χ0) is 12.4. The molecule has 6 atom stereocenters. The second-order valence-electron chi connectivity index (χ2n) is 5.71. The number of alkyl halides is 1. The molecule has 2 aliphatic carbocycles. The van der Waals surface area contributed by atoms with Crippen molar-refractivity contribution in [3.63, 3.8) is 0 Å².